The second-order valence-corrected chi connectivity index (χ2v) is 3.44. The van der Waals surface area contributed by atoms with Crippen molar-refractivity contribution in [3.05, 3.63) is 59.0 Å². The first-order valence-corrected chi connectivity index (χ1v) is 5.13. The summed E-state index contributed by atoms with van der Waals surface area (Å²) in [5.41, 5.74) is 11.0. The molecule has 0 aromatic heterocycles. The van der Waals surface area contributed by atoms with E-state index in [-0.39, 0.29) is 0 Å². The van der Waals surface area contributed by atoms with Gasteiger partial charge in [-0.25, -0.2) is 0 Å². The molecule has 0 fully saturated rings. The number of nitrogens with zero attached hydrogens (tertiary/aromatic N) is 3. The van der Waals surface area contributed by atoms with Crippen LogP contribution in [-0.2, 0) is 0 Å². The molecule has 0 heterocycles. The van der Waals surface area contributed by atoms with Crippen LogP contribution in [0, 0.1) is 0 Å². The largest absolute Gasteiger partial charge is 0.496 e. The minimum atomic E-state index is 0.495. The molecular weight excluding hydrogens is 214 g/mol. The summed E-state index contributed by atoms with van der Waals surface area (Å²) in [4.78, 5) is 2.76. The van der Waals surface area contributed by atoms with Crippen molar-refractivity contribution >= 4 is 5.69 Å². The van der Waals surface area contributed by atoms with E-state index in [0.29, 0.717) is 11.4 Å². The van der Waals surface area contributed by atoms with Crippen molar-refractivity contribution in [1.29, 1.82) is 0 Å². The molecule has 0 atom stereocenters. The van der Waals surface area contributed by atoms with Gasteiger partial charge < -0.3 is 4.74 Å². The summed E-state index contributed by atoms with van der Waals surface area (Å²) in [6.07, 6.45) is 0. The number of azide groups is 1. The number of methoxy groups -OCH3 is 1. The zero-order valence-corrected chi connectivity index (χ0v) is 9.37. The normalized spacial score (nSPS) is 9.47. The van der Waals surface area contributed by atoms with Crippen molar-refractivity contribution in [2.75, 3.05) is 7.11 Å². The summed E-state index contributed by atoms with van der Waals surface area (Å²) in [6, 6.07) is 15.5. The Morgan fingerprint density at radius 2 is 1.82 bits per heavy atom. The highest BCUT2D eigenvalue weighted by atomic mass is 16.5. The van der Waals surface area contributed by atoms with E-state index in [1.165, 1.54) is 0 Å². The van der Waals surface area contributed by atoms with Gasteiger partial charge in [-0.2, -0.15) is 0 Å². The van der Waals surface area contributed by atoms with Crippen LogP contribution < -0.4 is 4.74 Å². The molecule has 4 heteroatoms. The fourth-order valence-electron chi connectivity index (χ4n) is 1.62. The zero-order valence-electron chi connectivity index (χ0n) is 9.37. The number of benzene rings is 2. The first-order chi connectivity index (χ1) is 8.35. The molecule has 0 aliphatic carbocycles. The van der Waals surface area contributed by atoms with E-state index in [2.05, 4.69) is 10.0 Å². The molecule has 0 amide bonds. The van der Waals surface area contributed by atoms with Crippen LogP contribution in [-0.4, -0.2) is 7.11 Å². The van der Waals surface area contributed by atoms with Gasteiger partial charge in [-0.05, 0) is 28.8 Å². The zero-order chi connectivity index (χ0) is 12.1. The van der Waals surface area contributed by atoms with E-state index >= 15 is 0 Å². The van der Waals surface area contributed by atoms with Gasteiger partial charge in [0.1, 0.15) is 5.75 Å². The lowest BCUT2D eigenvalue weighted by Crippen LogP contribution is -1.84. The van der Waals surface area contributed by atoms with Crippen LogP contribution >= 0.6 is 0 Å². The summed E-state index contributed by atoms with van der Waals surface area (Å²) in [5.74, 6) is 0.573. The highest BCUT2D eigenvalue weighted by molar-refractivity contribution is 5.69. The van der Waals surface area contributed by atoms with Crippen LogP contribution in [0.15, 0.2) is 53.6 Å². The predicted octanol–water partition coefficient (Wildman–Crippen LogP) is 4.30. The van der Waals surface area contributed by atoms with E-state index in [1.807, 2.05) is 42.5 Å². The summed E-state index contributed by atoms with van der Waals surface area (Å²) in [6.45, 7) is 0. The average molecular weight is 225 g/mol. The highest BCUT2D eigenvalue weighted by Gasteiger charge is 2.03. The average Bonchev–Trinajstić information content (AvgIpc) is 2.40. The predicted molar refractivity (Wildman–Crippen MR) is 67.2 cm³/mol. The fraction of sp³-hybridized carbons (Fsp3) is 0.0769. The summed E-state index contributed by atoms with van der Waals surface area (Å²) in [7, 11) is 1.56. The smallest absolute Gasteiger partial charge is 0.129 e. The first kappa shape index (κ1) is 11.0. The molecule has 0 saturated heterocycles. The Morgan fingerprint density at radius 1 is 1.06 bits per heavy atom. The molecule has 2 aromatic rings. The molecule has 0 aliphatic heterocycles. The first-order valence-electron chi connectivity index (χ1n) is 5.13. The van der Waals surface area contributed by atoms with Gasteiger partial charge >= 0.3 is 0 Å². The Balaban J connectivity index is 2.48. The van der Waals surface area contributed by atoms with Crippen LogP contribution in [0.25, 0.3) is 21.6 Å². The third-order valence-corrected chi connectivity index (χ3v) is 2.44. The van der Waals surface area contributed by atoms with Crippen LogP contribution in [0.1, 0.15) is 0 Å². The van der Waals surface area contributed by atoms with Gasteiger partial charge in [0.05, 0.1) is 12.8 Å². The van der Waals surface area contributed by atoms with E-state index in [4.69, 9.17) is 10.3 Å². The lowest BCUT2D eigenvalue weighted by molar-refractivity contribution is 0.416. The van der Waals surface area contributed by atoms with Gasteiger partial charge in [-0.15, -0.1) is 0 Å². The molecule has 0 unspecified atom stereocenters. The second-order valence-electron chi connectivity index (χ2n) is 3.44. The minimum Gasteiger partial charge on any atom is -0.496 e. The van der Waals surface area contributed by atoms with Crippen LogP contribution in [0.4, 0.5) is 5.69 Å². The third kappa shape index (κ3) is 2.38. The minimum absolute atomic E-state index is 0.495. The molecule has 0 radical (unpaired) electrons. The van der Waals surface area contributed by atoms with Gasteiger partial charge in [0.25, 0.3) is 0 Å². The Kier molecular flexibility index (Phi) is 3.28. The number of rotatable bonds is 3. The van der Waals surface area contributed by atoms with Crippen molar-refractivity contribution in [2.45, 2.75) is 0 Å². The van der Waals surface area contributed by atoms with Crippen molar-refractivity contribution in [3.63, 3.8) is 0 Å². The van der Waals surface area contributed by atoms with E-state index in [0.717, 1.165) is 11.1 Å². The van der Waals surface area contributed by atoms with Gasteiger partial charge in [0, 0.05) is 4.91 Å². The van der Waals surface area contributed by atoms with E-state index < -0.39 is 0 Å². The summed E-state index contributed by atoms with van der Waals surface area (Å²) in [5, 5.41) is 3.57. The van der Waals surface area contributed by atoms with Gasteiger partial charge in [-0.1, -0.05) is 41.5 Å². The second kappa shape index (κ2) is 5.05. The maximum atomic E-state index is 8.43. The maximum Gasteiger partial charge on any atom is 0.129 e. The SMILES string of the molecule is COc1cc(-c2ccccc2)ccc1N=[N+]=[N-]. The molecule has 84 valence electrons. The topological polar surface area (TPSA) is 58.0 Å². The van der Waals surface area contributed by atoms with Crippen LogP contribution in [0.3, 0.4) is 0 Å². The Hall–Kier alpha value is -2.45. The molecule has 0 saturated carbocycles. The number of hydrogen-bond acceptors (Lipinski definition) is 2. The van der Waals surface area contributed by atoms with Crippen molar-refractivity contribution in [1.82, 2.24) is 0 Å². The quantitative estimate of drug-likeness (QED) is 0.436. The maximum absolute atomic E-state index is 8.43. The lowest BCUT2D eigenvalue weighted by atomic mass is 10.1. The monoisotopic (exact) mass is 225 g/mol. The number of hydrogen-bond donors (Lipinski definition) is 0. The Labute approximate surface area is 99.1 Å². The number of ether oxygens (including phenoxy) is 1. The highest BCUT2D eigenvalue weighted by Crippen LogP contribution is 2.32. The molecule has 2 aromatic carbocycles. The molecule has 0 N–H and O–H groups in total. The van der Waals surface area contributed by atoms with Gasteiger partial charge in [-0.3, -0.25) is 0 Å². The molecule has 17 heavy (non-hydrogen) atoms. The molecule has 2 rings (SSSR count). The van der Waals surface area contributed by atoms with Gasteiger partial charge in [0.15, 0.2) is 0 Å². The Morgan fingerprint density at radius 3 is 2.47 bits per heavy atom. The lowest BCUT2D eigenvalue weighted by Gasteiger charge is -2.07. The summed E-state index contributed by atoms with van der Waals surface area (Å²) < 4.78 is 5.20. The van der Waals surface area contributed by atoms with Crippen molar-refractivity contribution in [2.24, 2.45) is 5.11 Å². The van der Waals surface area contributed by atoms with Crippen molar-refractivity contribution < 1.29 is 4.74 Å². The molecule has 0 aliphatic rings. The fourth-order valence-corrected chi connectivity index (χ4v) is 1.62. The molecular formula is C13H11N3O. The molecule has 4 nitrogen and oxygen atoms in total. The van der Waals surface area contributed by atoms with E-state index in [9.17, 15) is 0 Å². The van der Waals surface area contributed by atoms with Gasteiger partial charge in [0.2, 0.25) is 0 Å². The van der Waals surface area contributed by atoms with E-state index in [1.54, 1.807) is 13.2 Å². The van der Waals surface area contributed by atoms with Crippen LogP contribution in [0.5, 0.6) is 5.75 Å². The standard InChI is InChI=1S/C13H11N3O/c1-17-13-9-11(7-8-12(13)15-16-14)10-5-3-2-4-6-10/h2-9H,1H3. The third-order valence-electron chi connectivity index (χ3n) is 2.44. The van der Waals surface area contributed by atoms with Crippen molar-refractivity contribution in [3.8, 4) is 16.9 Å². The molecule has 0 spiro atoms. The Bertz CT molecular complexity index is 560. The van der Waals surface area contributed by atoms with Crippen LogP contribution in [0.2, 0.25) is 0 Å². The summed E-state index contributed by atoms with van der Waals surface area (Å²) >= 11 is 0. The molecule has 0 bridgehead atoms.